The van der Waals surface area contributed by atoms with Crippen molar-refractivity contribution >= 4 is 34.5 Å². The molecule has 0 spiro atoms. The van der Waals surface area contributed by atoms with Crippen LogP contribution in [0.4, 0.5) is 4.39 Å². The topological polar surface area (TPSA) is 107 Å². The van der Waals surface area contributed by atoms with Gasteiger partial charge in [0.1, 0.15) is 11.2 Å². The molecule has 1 saturated heterocycles. The number of benzene rings is 1. The Morgan fingerprint density at radius 2 is 2.20 bits per heavy atom. The van der Waals surface area contributed by atoms with E-state index >= 15 is 0 Å². The van der Waals surface area contributed by atoms with Gasteiger partial charge in [-0.3, -0.25) is 20.5 Å². The Morgan fingerprint density at radius 1 is 1.36 bits per heavy atom. The number of imidazole rings is 1. The third kappa shape index (κ3) is 2.70. The molecule has 25 heavy (non-hydrogen) atoms. The first-order chi connectivity index (χ1) is 12.0. The summed E-state index contributed by atoms with van der Waals surface area (Å²) < 4.78 is 14.6. The van der Waals surface area contributed by atoms with E-state index in [1.807, 2.05) is 0 Å². The second-order valence-corrected chi connectivity index (χ2v) is 5.99. The second-order valence-electron chi connectivity index (χ2n) is 5.61. The quantitative estimate of drug-likeness (QED) is 0.564. The lowest BCUT2D eigenvalue weighted by Gasteiger charge is -2.26. The third-order valence-corrected chi connectivity index (χ3v) is 4.35. The molecule has 0 saturated carbocycles. The van der Waals surface area contributed by atoms with Crippen LogP contribution in [-0.2, 0) is 4.79 Å². The van der Waals surface area contributed by atoms with E-state index in [1.165, 1.54) is 6.07 Å². The number of guanidine groups is 1. The molecule has 1 amide bonds. The molecule has 126 valence electrons. The van der Waals surface area contributed by atoms with Gasteiger partial charge in [0, 0.05) is 6.20 Å². The van der Waals surface area contributed by atoms with Crippen LogP contribution in [0.2, 0.25) is 5.02 Å². The van der Waals surface area contributed by atoms with Gasteiger partial charge in [0.2, 0.25) is 5.91 Å². The molecule has 1 aliphatic rings. The summed E-state index contributed by atoms with van der Waals surface area (Å²) in [6.45, 7) is 0. The van der Waals surface area contributed by atoms with Crippen LogP contribution in [0.5, 0.6) is 0 Å². The third-order valence-electron chi connectivity index (χ3n) is 3.94. The maximum Gasteiger partial charge on any atom is 0.229 e. The van der Waals surface area contributed by atoms with E-state index < -0.39 is 11.9 Å². The molecule has 2 aromatic heterocycles. The Hall–Kier alpha value is -3.00. The number of hydrogen-bond donors (Lipinski definition) is 4. The van der Waals surface area contributed by atoms with Gasteiger partial charge in [-0.1, -0.05) is 17.7 Å². The highest BCUT2D eigenvalue weighted by molar-refractivity contribution is 6.36. The molecule has 4 N–H and O–H groups in total. The molecule has 0 radical (unpaired) electrons. The van der Waals surface area contributed by atoms with Gasteiger partial charge in [-0.25, -0.2) is 9.37 Å². The van der Waals surface area contributed by atoms with Gasteiger partial charge in [0.05, 0.1) is 23.0 Å². The van der Waals surface area contributed by atoms with Gasteiger partial charge in [-0.15, -0.1) is 0 Å². The number of pyridine rings is 1. The zero-order chi connectivity index (χ0) is 17.6. The largest absolute Gasteiger partial charge is 0.349 e. The number of fused-ring (bicyclic) bond motifs is 1. The Kier molecular flexibility index (Phi) is 3.61. The van der Waals surface area contributed by atoms with Crippen molar-refractivity contribution in [2.45, 2.75) is 12.5 Å². The van der Waals surface area contributed by atoms with Crippen LogP contribution in [0.15, 0.2) is 30.5 Å². The van der Waals surface area contributed by atoms with Crippen LogP contribution in [0, 0.1) is 11.2 Å². The van der Waals surface area contributed by atoms with Crippen LogP contribution in [0.1, 0.15) is 18.0 Å². The first-order valence-electron chi connectivity index (χ1n) is 7.47. The minimum absolute atomic E-state index is 0.0499. The van der Waals surface area contributed by atoms with Gasteiger partial charge < -0.3 is 10.3 Å². The molecule has 1 atom stereocenters. The standard InChI is InChI=1S/C16H12ClFN6O/c17-12-7(10-6-11(25)22-16(19)21-10)5-8(18)13-14(12)24-15(23-13)9-3-1-2-4-20-9/h1-5,10H,6H2,(H,23,24)(H3,19,21,22,25). The fourth-order valence-electron chi connectivity index (χ4n) is 2.82. The Balaban J connectivity index is 1.84. The summed E-state index contributed by atoms with van der Waals surface area (Å²) in [7, 11) is 0. The van der Waals surface area contributed by atoms with E-state index in [1.54, 1.807) is 24.4 Å². The van der Waals surface area contributed by atoms with Crippen molar-refractivity contribution in [2.75, 3.05) is 0 Å². The zero-order valence-electron chi connectivity index (χ0n) is 12.7. The molecule has 1 fully saturated rings. The summed E-state index contributed by atoms with van der Waals surface area (Å²) in [5, 5.41) is 13.0. The molecule has 1 aromatic carbocycles. The van der Waals surface area contributed by atoms with E-state index in [9.17, 15) is 9.18 Å². The molecule has 3 heterocycles. The normalized spacial score (nSPS) is 17.4. The summed E-state index contributed by atoms with van der Waals surface area (Å²) >= 11 is 6.44. The van der Waals surface area contributed by atoms with Gasteiger partial charge in [0.15, 0.2) is 17.6 Å². The number of carbonyl (C=O) groups is 1. The molecular formula is C16H12ClFN6O. The molecule has 9 heteroatoms. The maximum absolute atomic E-state index is 14.6. The molecule has 1 aliphatic heterocycles. The van der Waals surface area contributed by atoms with Crippen LogP contribution in [-0.4, -0.2) is 26.8 Å². The van der Waals surface area contributed by atoms with Gasteiger partial charge in [-0.05, 0) is 23.8 Å². The first kappa shape index (κ1) is 15.5. The van der Waals surface area contributed by atoms with Crippen molar-refractivity contribution in [1.29, 1.82) is 5.41 Å². The molecule has 1 unspecified atom stereocenters. The number of nitrogens with zero attached hydrogens (tertiary/aromatic N) is 2. The number of hydrogen-bond acceptors (Lipinski definition) is 4. The van der Waals surface area contributed by atoms with E-state index in [0.29, 0.717) is 22.6 Å². The van der Waals surface area contributed by atoms with Crippen molar-refractivity contribution in [3.05, 3.63) is 46.9 Å². The molecular weight excluding hydrogens is 347 g/mol. The number of aromatic nitrogens is 3. The summed E-state index contributed by atoms with van der Waals surface area (Å²) in [6, 6.07) is 5.98. The Morgan fingerprint density at radius 3 is 2.92 bits per heavy atom. The molecule has 4 rings (SSSR count). The van der Waals surface area contributed by atoms with Crippen molar-refractivity contribution < 1.29 is 9.18 Å². The molecule has 0 bridgehead atoms. The highest BCUT2D eigenvalue weighted by Gasteiger charge is 2.27. The smallest absolute Gasteiger partial charge is 0.229 e. The van der Waals surface area contributed by atoms with E-state index in [-0.39, 0.29) is 28.8 Å². The minimum Gasteiger partial charge on any atom is -0.349 e. The van der Waals surface area contributed by atoms with E-state index in [0.717, 1.165) is 0 Å². The predicted molar refractivity (Wildman–Crippen MR) is 90.7 cm³/mol. The number of nitrogens with one attached hydrogen (secondary N) is 4. The Labute approximate surface area is 146 Å². The van der Waals surface area contributed by atoms with Gasteiger partial charge in [-0.2, -0.15) is 0 Å². The second kappa shape index (κ2) is 5.82. The molecule has 7 nitrogen and oxygen atoms in total. The SMILES string of the molecule is N=C1NC(=O)CC(c2cc(F)c3nc(-c4ccccn4)[nH]c3c2Cl)N1. The number of H-pyrrole nitrogens is 1. The highest BCUT2D eigenvalue weighted by Crippen LogP contribution is 2.35. The van der Waals surface area contributed by atoms with Crippen LogP contribution < -0.4 is 10.6 Å². The van der Waals surface area contributed by atoms with Crippen molar-refractivity contribution in [2.24, 2.45) is 0 Å². The number of amides is 1. The number of halogens is 2. The minimum atomic E-state index is -0.589. The average Bonchev–Trinajstić information content (AvgIpc) is 3.04. The first-order valence-corrected chi connectivity index (χ1v) is 7.84. The summed E-state index contributed by atoms with van der Waals surface area (Å²) in [5.41, 5.74) is 1.39. The Bertz CT molecular complexity index is 987. The number of rotatable bonds is 2. The monoisotopic (exact) mass is 358 g/mol. The fraction of sp³-hybridized carbons (Fsp3) is 0.125. The lowest BCUT2D eigenvalue weighted by Crippen LogP contribution is -2.48. The lowest BCUT2D eigenvalue weighted by atomic mass is 10.0. The summed E-state index contributed by atoms with van der Waals surface area (Å²) in [6.07, 6.45) is 1.66. The van der Waals surface area contributed by atoms with Gasteiger partial charge >= 0.3 is 0 Å². The zero-order valence-corrected chi connectivity index (χ0v) is 13.5. The van der Waals surface area contributed by atoms with E-state index in [4.69, 9.17) is 17.0 Å². The highest BCUT2D eigenvalue weighted by atomic mass is 35.5. The summed E-state index contributed by atoms with van der Waals surface area (Å²) in [4.78, 5) is 23.1. The number of carbonyl (C=O) groups excluding carboxylic acids is 1. The molecule has 3 aromatic rings. The van der Waals surface area contributed by atoms with Crippen molar-refractivity contribution in [3.63, 3.8) is 0 Å². The van der Waals surface area contributed by atoms with Crippen LogP contribution >= 0.6 is 11.6 Å². The fourth-order valence-corrected chi connectivity index (χ4v) is 3.14. The van der Waals surface area contributed by atoms with E-state index in [2.05, 4.69) is 25.6 Å². The predicted octanol–water partition coefficient (Wildman–Crippen LogP) is 2.50. The lowest BCUT2D eigenvalue weighted by molar-refractivity contribution is -0.120. The van der Waals surface area contributed by atoms with Crippen molar-refractivity contribution in [1.82, 2.24) is 25.6 Å². The average molecular weight is 359 g/mol. The van der Waals surface area contributed by atoms with Crippen molar-refractivity contribution in [3.8, 4) is 11.5 Å². The summed E-state index contributed by atoms with van der Waals surface area (Å²) in [5.74, 6) is -0.636. The molecule has 0 aliphatic carbocycles. The van der Waals surface area contributed by atoms with Gasteiger partial charge in [0.25, 0.3) is 0 Å². The maximum atomic E-state index is 14.6. The van der Waals surface area contributed by atoms with Crippen LogP contribution in [0.25, 0.3) is 22.6 Å². The number of aromatic amines is 1. The van der Waals surface area contributed by atoms with Crippen LogP contribution in [0.3, 0.4) is 0 Å².